The van der Waals surface area contributed by atoms with Gasteiger partial charge in [-0.3, -0.25) is 4.79 Å². The summed E-state index contributed by atoms with van der Waals surface area (Å²) in [5, 5.41) is 3.15. The molecule has 0 unspecified atom stereocenters. The number of hydrogen-bond acceptors (Lipinski definition) is 3. The van der Waals surface area contributed by atoms with Crippen molar-refractivity contribution in [1.29, 1.82) is 0 Å². The number of carbonyl (C=O) groups excluding carboxylic acids is 1. The van der Waals surface area contributed by atoms with Gasteiger partial charge in [0.1, 0.15) is 0 Å². The Kier molecular flexibility index (Phi) is 6.36. The molecule has 106 valence electrons. The van der Waals surface area contributed by atoms with E-state index >= 15 is 0 Å². The Balaban J connectivity index is 2.46. The van der Waals surface area contributed by atoms with Crippen molar-refractivity contribution in [1.82, 2.24) is 10.2 Å². The van der Waals surface area contributed by atoms with Crippen molar-refractivity contribution in [3.63, 3.8) is 0 Å². The predicted molar refractivity (Wildman–Crippen MR) is 80.4 cm³/mol. The number of hydrogen-bond donors (Lipinski definition) is 1. The van der Waals surface area contributed by atoms with Crippen molar-refractivity contribution >= 4 is 11.6 Å². The number of likely N-dealkylation sites (N-methyl/N-ethyl adjacent to an activating group) is 1. The number of nitrogens with zero attached hydrogens (tertiary/aromatic N) is 2. The fraction of sp³-hybridized carbons (Fsp3) is 0.533. The number of nitrogens with one attached hydrogen (secondary N) is 1. The van der Waals surface area contributed by atoms with E-state index in [2.05, 4.69) is 48.3 Å². The maximum absolute atomic E-state index is 11.4. The van der Waals surface area contributed by atoms with E-state index in [0.717, 1.165) is 19.6 Å². The summed E-state index contributed by atoms with van der Waals surface area (Å²) in [5.74, 6) is 0.0970. The Hall–Kier alpha value is -1.55. The molecule has 0 aliphatic heterocycles. The average molecular weight is 263 g/mol. The Morgan fingerprint density at radius 1 is 1.11 bits per heavy atom. The maximum atomic E-state index is 11.4. The molecule has 0 aromatic heterocycles. The molecule has 0 spiro atoms. The zero-order chi connectivity index (χ0) is 14.3. The van der Waals surface area contributed by atoms with Crippen LogP contribution in [-0.2, 0) is 11.3 Å². The van der Waals surface area contributed by atoms with Crippen molar-refractivity contribution < 1.29 is 4.79 Å². The summed E-state index contributed by atoms with van der Waals surface area (Å²) in [7, 11) is 3.53. The van der Waals surface area contributed by atoms with Crippen LogP contribution in [-0.4, -0.2) is 44.5 Å². The quantitative estimate of drug-likeness (QED) is 0.813. The van der Waals surface area contributed by atoms with Crippen molar-refractivity contribution in [2.75, 3.05) is 38.6 Å². The van der Waals surface area contributed by atoms with Gasteiger partial charge in [-0.2, -0.15) is 0 Å². The normalized spacial score (nSPS) is 10.3. The van der Waals surface area contributed by atoms with E-state index in [0.29, 0.717) is 6.54 Å². The maximum Gasteiger partial charge on any atom is 0.236 e. The van der Waals surface area contributed by atoms with Crippen LogP contribution in [0.2, 0.25) is 0 Å². The van der Waals surface area contributed by atoms with Gasteiger partial charge in [0.05, 0.1) is 6.54 Å². The van der Waals surface area contributed by atoms with Gasteiger partial charge in [0.15, 0.2) is 0 Å². The number of benzene rings is 1. The van der Waals surface area contributed by atoms with Crippen LogP contribution in [0.3, 0.4) is 0 Å². The van der Waals surface area contributed by atoms with E-state index in [1.54, 1.807) is 19.0 Å². The van der Waals surface area contributed by atoms with E-state index < -0.39 is 0 Å². The highest BCUT2D eigenvalue weighted by molar-refractivity contribution is 5.77. The van der Waals surface area contributed by atoms with Crippen LogP contribution in [0.1, 0.15) is 19.4 Å². The predicted octanol–water partition coefficient (Wildman–Crippen LogP) is 1.71. The van der Waals surface area contributed by atoms with Crippen LogP contribution in [0.5, 0.6) is 0 Å². The summed E-state index contributed by atoms with van der Waals surface area (Å²) >= 11 is 0. The highest BCUT2D eigenvalue weighted by Gasteiger charge is 2.04. The molecule has 19 heavy (non-hydrogen) atoms. The number of amides is 1. The minimum absolute atomic E-state index is 0.0970. The molecule has 4 heteroatoms. The van der Waals surface area contributed by atoms with E-state index in [-0.39, 0.29) is 5.91 Å². The summed E-state index contributed by atoms with van der Waals surface area (Å²) in [5.41, 5.74) is 2.44. The molecule has 4 nitrogen and oxygen atoms in total. The molecule has 0 atom stereocenters. The number of rotatable bonds is 7. The molecule has 0 bridgehead atoms. The molecule has 1 N–H and O–H groups in total. The highest BCUT2D eigenvalue weighted by atomic mass is 16.2. The highest BCUT2D eigenvalue weighted by Crippen LogP contribution is 2.14. The van der Waals surface area contributed by atoms with Gasteiger partial charge < -0.3 is 15.1 Å². The molecule has 0 fully saturated rings. The second kappa shape index (κ2) is 7.79. The molecule has 1 rings (SSSR count). The molecule has 0 aliphatic carbocycles. The third-order valence-electron chi connectivity index (χ3n) is 3.17. The second-order valence-corrected chi connectivity index (χ2v) is 4.73. The molecule has 1 aromatic rings. The fourth-order valence-corrected chi connectivity index (χ4v) is 1.89. The Morgan fingerprint density at radius 3 is 2.16 bits per heavy atom. The van der Waals surface area contributed by atoms with Gasteiger partial charge in [-0.05, 0) is 31.5 Å². The van der Waals surface area contributed by atoms with E-state index in [4.69, 9.17) is 0 Å². The Labute approximate surface area is 116 Å². The van der Waals surface area contributed by atoms with Crippen LogP contribution >= 0.6 is 0 Å². The van der Waals surface area contributed by atoms with Crippen LogP contribution in [0.15, 0.2) is 24.3 Å². The Bertz CT molecular complexity index is 383. The summed E-state index contributed by atoms with van der Waals surface area (Å²) in [4.78, 5) is 15.3. The lowest BCUT2D eigenvalue weighted by Gasteiger charge is -2.21. The molecule has 0 radical (unpaired) electrons. The summed E-state index contributed by atoms with van der Waals surface area (Å²) in [6, 6.07) is 8.50. The van der Waals surface area contributed by atoms with Gasteiger partial charge in [-0.1, -0.05) is 12.1 Å². The average Bonchev–Trinajstić information content (AvgIpc) is 2.41. The molecule has 1 aromatic carbocycles. The SMILES string of the molecule is CCN(CC)c1ccc(CNCC(=O)N(C)C)cc1. The van der Waals surface area contributed by atoms with Gasteiger partial charge in [0.25, 0.3) is 0 Å². The summed E-state index contributed by atoms with van der Waals surface area (Å²) in [6.07, 6.45) is 0. The van der Waals surface area contributed by atoms with Crippen molar-refractivity contribution in [2.45, 2.75) is 20.4 Å². The number of carbonyl (C=O) groups is 1. The zero-order valence-electron chi connectivity index (χ0n) is 12.4. The Morgan fingerprint density at radius 2 is 1.68 bits per heavy atom. The topological polar surface area (TPSA) is 35.6 Å². The smallest absolute Gasteiger partial charge is 0.236 e. The zero-order valence-corrected chi connectivity index (χ0v) is 12.4. The third-order valence-corrected chi connectivity index (χ3v) is 3.17. The largest absolute Gasteiger partial charge is 0.372 e. The van der Waals surface area contributed by atoms with E-state index in [1.165, 1.54) is 11.3 Å². The standard InChI is InChI=1S/C15H25N3O/c1-5-18(6-2)14-9-7-13(8-10-14)11-16-12-15(19)17(3)4/h7-10,16H,5-6,11-12H2,1-4H3. The summed E-state index contributed by atoms with van der Waals surface area (Å²) in [6.45, 7) is 7.46. The first-order valence-corrected chi connectivity index (χ1v) is 6.83. The van der Waals surface area contributed by atoms with Crippen molar-refractivity contribution in [2.24, 2.45) is 0 Å². The van der Waals surface area contributed by atoms with Crippen molar-refractivity contribution in [3.8, 4) is 0 Å². The lowest BCUT2D eigenvalue weighted by atomic mass is 10.2. The van der Waals surface area contributed by atoms with Crippen LogP contribution in [0.4, 0.5) is 5.69 Å². The van der Waals surface area contributed by atoms with E-state index in [9.17, 15) is 4.79 Å². The van der Waals surface area contributed by atoms with Crippen molar-refractivity contribution in [3.05, 3.63) is 29.8 Å². The minimum atomic E-state index is 0.0970. The molecular weight excluding hydrogens is 238 g/mol. The minimum Gasteiger partial charge on any atom is -0.372 e. The van der Waals surface area contributed by atoms with Gasteiger partial charge >= 0.3 is 0 Å². The third kappa shape index (κ3) is 4.91. The first-order valence-electron chi connectivity index (χ1n) is 6.83. The van der Waals surface area contributed by atoms with Gasteiger partial charge in [0, 0.05) is 39.4 Å². The number of anilines is 1. The molecule has 1 amide bonds. The van der Waals surface area contributed by atoms with Gasteiger partial charge in [-0.25, -0.2) is 0 Å². The molecule has 0 saturated carbocycles. The molecular formula is C15H25N3O. The fourth-order valence-electron chi connectivity index (χ4n) is 1.89. The van der Waals surface area contributed by atoms with Crippen LogP contribution in [0.25, 0.3) is 0 Å². The second-order valence-electron chi connectivity index (χ2n) is 4.73. The van der Waals surface area contributed by atoms with E-state index in [1.807, 2.05) is 0 Å². The lowest BCUT2D eigenvalue weighted by molar-refractivity contribution is -0.127. The molecule has 0 heterocycles. The first kappa shape index (κ1) is 15.5. The summed E-state index contributed by atoms with van der Waals surface area (Å²) < 4.78 is 0. The molecule has 0 saturated heterocycles. The first-order chi connectivity index (χ1) is 9.08. The van der Waals surface area contributed by atoms with Gasteiger partial charge in [-0.15, -0.1) is 0 Å². The van der Waals surface area contributed by atoms with Crippen LogP contribution < -0.4 is 10.2 Å². The van der Waals surface area contributed by atoms with Crippen LogP contribution in [0, 0.1) is 0 Å². The van der Waals surface area contributed by atoms with Gasteiger partial charge in [0.2, 0.25) is 5.91 Å². The monoisotopic (exact) mass is 263 g/mol. The molecule has 0 aliphatic rings. The lowest BCUT2D eigenvalue weighted by Crippen LogP contribution is -2.32.